The molecular formula is C12H19N7O2. The van der Waals surface area contributed by atoms with Gasteiger partial charge in [-0.05, 0) is 0 Å². The summed E-state index contributed by atoms with van der Waals surface area (Å²) in [5.41, 5.74) is 1.24. The second kappa shape index (κ2) is 6.95. The number of aliphatic imine (C=N–C) groups is 2. The smallest absolute Gasteiger partial charge is 0.171 e. The monoisotopic (exact) mass is 293 g/mol. The fourth-order valence-electron chi connectivity index (χ4n) is 1.85. The lowest BCUT2D eigenvalue weighted by atomic mass is 10.3. The predicted molar refractivity (Wildman–Crippen MR) is 81.5 cm³/mol. The molecule has 0 amide bonds. The van der Waals surface area contributed by atoms with Crippen LogP contribution in [0.1, 0.15) is 0 Å². The van der Waals surface area contributed by atoms with Crippen LogP contribution in [0.5, 0.6) is 0 Å². The number of amidine groups is 1. The lowest BCUT2D eigenvalue weighted by Gasteiger charge is -2.09. The molecule has 0 aliphatic carbocycles. The maximum Gasteiger partial charge on any atom is 0.171 e. The molecule has 1 aliphatic heterocycles. The van der Waals surface area contributed by atoms with Gasteiger partial charge in [0.1, 0.15) is 17.2 Å². The summed E-state index contributed by atoms with van der Waals surface area (Å²) >= 11 is 0. The Bertz CT molecular complexity index is 576. The van der Waals surface area contributed by atoms with Crippen molar-refractivity contribution in [2.45, 2.75) is 0 Å². The van der Waals surface area contributed by atoms with Crippen molar-refractivity contribution in [2.75, 3.05) is 38.7 Å². The minimum Gasteiger partial charge on any atom is -0.395 e. The van der Waals surface area contributed by atoms with Gasteiger partial charge >= 0.3 is 0 Å². The van der Waals surface area contributed by atoms with Crippen LogP contribution in [0.4, 0.5) is 11.5 Å². The van der Waals surface area contributed by atoms with E-state index in [2.05, 4.69) is 25.5 Å². The quantitative estimate of drug-likeness (QED) is 0.637. The summed E-state index contributed by atoms with van der Waals surface area (Å²) in [6, 6.07) is 0. The Kier molecular flexibility index (Phi) is 5.01. The van der Waals surface area contributed by atoms with Crippen molar-refractivity contribution in [3.05, 3.63) is 6.20 Å². The standard InChI is InChI=1S/C12H19N7O2/c1-18-11(13-3-5-20)9(7-15-18)17-10-8-16-19(2)12(10)14-4-6-21/h7-8,13,20-21H,3-6H2,1-2H3. The van der Waals surface area contributed by atoms with E-state index >= 15 is 0 Å². The highest BCUT2D eigenvalue weighted by Gasteiger charge is 2.19. The highest BCUT2D eigenvalue weighted by atomic mass is 16.3. The summed E-state index contributed by atoms with van der Waals surface area (Å²) in [6.07, 6.45) is 3.24. The third kappa shape index (κ3) is 3.44. The molecule has 0 fully saturated rings. The number of aryl methyl sites for hydroxylation is 1. The van der Waals surface area contributed by atoms with Crippen molar-refractivity contribution in [1.82, 2.24) is 14.8 Å². The molecule has 0 bridgehead atoms. The van der Waals surface area contributed by atoms with Crippen molar-refractivity contribution in [2.24, 2.45) is 22.1 Å². The van der Waals surface area contributed by atoms with Gasteiger partial charge in [-0.2, -0.15) is 10.2 Å². The summed E-state index contributed by atoms with van der Waals surface area (Å²) in [5, 5.41) is 30.7. The first-order chi connectivity index (χ1) is 10.2. The van der Waals surface area contributed by atoms with Crippen LogP contribution in [-0.2, 0) is 7.05 Å². The van der Waals surface area contributed by atoms with Crippen LogP contribution >= 0.6 is 0 Å². The van der Waals surface area contributed by atoms with Crippen molar-refractivity contribution in [3.63, 3.8) is 0 Å². The van der Waals surface area contributed by atoms with E-state index in [4.69, 9.17) is 10.2 Å². The summed E-state index contributed by atoms with van der Waals surface area (Å²) in [7, 11) is 3.56. The summed E-state index contributed by atoms with van der Waals surface area (Å²) in [6.45, 7) is 0.705. The van der Waals surface area contributed by atoms with Gasteiger partial charge in [-0.15, -0.1) is 0 Å². The highest BCUT2D eigenvalue weighted by molar-refractivity contribution is 6.64. The zero-order valence-corrected chi connectivity index (χ0v) is 12.1. The summed E-state index contributed by atoms with van der Waals surface area (Å²) in [5.74, 6) is 1.31. The number of nitrogens with zero attached hydrogens (tertiary/aromatic N) is 6. The molecule has 1 aliphatic rings. The number of aromatic nitrogens is 2. The summed E-state index contributed by atoms with van der Waals surface area (Å²) < 4.78 is 1.65. The number of aliphatic hydroxyl groups excluding tert-OH is 2. The Labute approximate surface area is 122 Å². The van der Waals surface area contributed by atoms with Gasteiger partial charge in [-0.3, -0.25) is 9.67 Å². The molecule has 9 heteroatoms. The minimum absolute atomic E-state index is 0.0224. The lowest BCUT2D eigenvalue weighted by molar-refractivity contribution is 0.306. The van der Waals surface area contributed by atoms with E-state index in [0.717, 1.165) is 0 Å². The van der Waals surface area contributed by atoms with Crippen LogP contribution in [0.3, 0.4) is 0 Å². The average molecular weight is 293 g/mol. The molecule has 0 unspecified atom stereocenters. The van der Waals surface area contributed by atoms with Crippen LogP contribution < -0.4 is 5.32 Å². The largest absolute Gasteiger partial charge is 0.395 e. The molecule has 0 saturated heterocycles. The molecule has 0 spiro atoms. The Morgan fingerprint density at radius 1 is 1.29 bits per heavy atom. The summed E-state index contributed by atoms with van der Waals surface area (Å²) in [4.78, 5) is 8.75. The normalized spacial score (nSPS) is 18.2. The van der Waals surface area contributed by atoms with Crippen LogP contribution in [-0.4, -0.2) is 76.1 Å². The van der Waals surface area contributed by atoms with Gasteiger partial charge in [0, 0.05) is 20.6 Å². The molecule has 0 aromatic carbocycles. The van der Waals surface area contributed by atoms with E-state index in [1.807, 2.05) is 0 Å². The lowest BCUT2D eigenvalue weighted by Crippen LogP contribution is -2.24. The zero-order chi connectivity index (χ0) is 15.2. The van der Waals surface area contributed by atoms with Crippen molar-refractivity contribution in [1.29, 1.82) is 0 Å². The van der Waals surface area contributed by atoms with Crippen molar-refractivity contribution < 1.29 is 10.2 Å². The number of nitrogens with one attached hydrogen (secondary N) is 1. The average Bonchev–Trinajstić information content (AvgIpc) is 2.99. The zero-order valence-electron chi connectivity index (χ0n) is 12.1. The van der Waals surface area contributed by atoms with Crippen LogP contribution in [0, 0.1) is 0 Å². The maximum absolute atomic E-state index is 8.91. The first-order valence-electron chi connectivity index (χ1n) is 6.56. The molecule has 1 aromatic heterocycles. The SMILES string of the molecule is CN1N=CC(=Nc2cnn(C)c2NCCO)C1=NCCO. The third-order valence-electron chi connectivity index (χ3n) is 2.82. The number of rotatable bonds is 6. The number of hydrogen-bond acceptors (Lipinski definition) is 7. The number of aliphatic hydroxyl groups is 2. The molecule has 0 radical (unpaired) electrons. The van der Waals surface area contributed by atoms with Crippen LogP contribution in [0.15, 0.2) is 21.3 Å². The van der Waals surface area contributed by atoms with E-state index in [-0.39, 0.29) is 13.2 Å². The number of anilines is 1. The Morgan fingerprint density at radius 2 is 2.10 bits per heavy atom. The molecule has 2 rings (SSSR count). The first kappa shape index (κ1) is 15.1. The van der Waals surface area contributed by atoms with Gasteiger partial charge in [0.15, 0.2) is 5.84 Å². The molecule has 0 saturated carbocycles. The minimum atomic E-state index is -0.0270. The topological polar surface area (TPSA) is 111 Å². The van der Waals surface area contributed by atoms with Gasteiger partial charge in [0.05, 0.1) is 32.2 Å². The van der Waals surface area contributed by atoms with E-state index in [1.54, 1.807) is 36.2 Å². The molecule has 21 heavy (non-hydrogen) atoms. The van der Waals surface area contributed by atoms with Gasteiger partial charge in [-0.1, -0.05) is 0 Å². The van der Waals surface area contributed by atoms with Gasteiger partial charge in [0.25, 0.3) is 0 Å². The Hall–Kier alpha value is -2.26. The molecule has 1 aromatic rings. The van der Waals surface area contributed by atoms with E-state index in [1.165, 1.54) is 0 Å². The second-order valence-electron chi connectivity index (χ2n) is 4.35. The highest BCUT2D eigenvalue weighted by Crippen LogP contribution is 2.24. The molecule has 114 valence electrons. The molecule has 2 heterocycles. The van der Waals surface area contributed by atoms with Gasteiger partial charge in [-0.25, -0.2) is 10.0 Å². The van der Waals surface area contributed by atoms with Crippen molar-refractivity contribution in [3.8, 4) is 0 Å². The maximum atomic E-state index is 8.91. The molecule has 9 nitrogen and oxygen atoms in total. The molecule has 3 N–H and O–H groups in total. The van der Waals surface area contributed by atoms with Crippen LogP contribution in [0.25, 0.3) is 0 Å². The fourth-order valence-corrected chi connectivity index (χ4v) is 1.85. The Balaban J connectivity index is 2.28. The third-order valence-corrected chi connectivity index (χ3v) is 2.82. The van der Waals surface area contributed by atoms with Gasteiger partial charge < -0.3 is 15.5 Å². The number of hydrogen-bond donors (Lipinski definition) is 3. The number of hydrazone groups is 1. The van der Waals surface area contributed by atoms with Gasteiger partial charge in [0.2, 0.25) is 0 Å². The predicted octanol–water partition coefficient (Wildman–Crippen LogP) is -0.781. The van der Waals surface area contributed by atoms with E-state index in [9.17, 15) is 0 Å². The van der Waals surface area contributed by atoms with Crippen LogP contribution in [0.2, 0.25) is 0 Å². The first-order valence-corrected chi connectivity index (χ1v) is 6.56. The van der Waals surface area contributed by atoms with Crippen molar-refractivity contribution >= 4 is 29.3 Å². The molecule has 0 atom stereocenters. The second-order valence-corrected chi connectivity index (χ2v) is 4.35. The van der Waals surface area contributed by atoms with E-state index in [0.29, 0.717) is 36.1 Å². The molecular weight excluding hydrogens is 274 g/mol. The fraction of sp³-hybridized carbons (Fsp3) is 0.500. The van der Waals surface area contributed by atoms with E-state index < -0.39 is 0 Å². The Morgan fingerprint density at radius 3 is 2.81 bits per heavy atom.